The molecule has 3 heterocycles. The van der Waals surface area contributed by atoms with E-state index in [-0.39, 0.29) is 32.0 Å². The second kappa shape index (κ2) is 12.0. The molecular formula is C31H40F4N4O3. The zero-order chi connectivity index (χ0) is 30.1. The number of halogens is 4. The third-order valence-corrected chi connectivity index (χ3v) is 9.50. The molecular weight excluding hydrogens is 552 g/mol. The number of β-amino-alcohol motifs (C(OH)–C–C–N with tert-alkyl or cyclic N) is 1. The van der Waals surface area contributed by atoms with Crippen molar-refractivity contribution in [2.45, 2.75) is 57.2 Å². The second-order valence-electron chi connectivity index (χ2n) is 12.4. The number of rotatable bonds is 6. The number of nitrogens with one attached hydrogen (secondary N) is 1. The average molecular weight is 593 g/mol. The summed E-state index contributed by atoms with van der Waals surface area (Å²) in [6.07, 6.45) is 1.26. The van der Waals surface area contributed by atoms with Crippen LogP contribution in [0.2, 0.25) is 0 Å². The quantitative estimate of drug-likeness (QED) is 0.490. The summed E-state index contributed by atoms with van der Waals surface area (Å²) in [6, 6.07) is 6.36. The summed E-state index contributed by atoms with van der Waals surface area (Å²) in [6.45, 7) is 4.64. The van der Waals surface area contributed by atoms with Crippen LogP contribution < -0.4 is 5.32 Å². The number of benzene rings is 1. The molecule has 2 saturated heterocycles. The predicted molar refractivity (Wildman–Crippen MR) is 150 cm³/mol. The van der Waals surface area contributed by atoms with Crippen LogP contribution in [0, 0.1) is 17.2 Å². The van der Waals surface area contributed by atoms with Gasteiger partial charge in [-0.15, -0.1) is 0 Å². The van der Waals surface area contributed by atoms with Crippen molar-refractivity contribution in [1.29, 1.82) is 0 Å². The van der Waals surface area contributed by atoms with Gasteiger partial charge in [0.25, 0.3) is 5.91 Å². The lowest BCUT2D eigenvalue weighted by Crippen LogP contribution is -2.64. The van der Waals surface area contributed by atoms with Gasteiger partial charge >= 0.3 is 6.18 Å². The van der Waals surface area contributed by atoms with Crippen molar-refractivity contribution in [1.82, 2.24) is 20.0 Å². The Morgan fingerprint density at radius 3 is 2.40 bits per heavy atom. The molecule has 0 radical (unpaired) electrons. The van der Waals surface area contributed by atoms with Crippen molar-refractivity contribution in [2.24, 2.45) is 11.3 Å². The topological polar surface area (TPSA) is 76.1 Å². The molecule has 4 aliphatic rings. The van der Waals surface area contributed by atoms with E-state index >= 15 is 0 Å². The Bertz CT molecular complexity index is 1240. The number of likely N-dealkylation sites (tertiary alicyclic amines) is 1. The molecule has 2 atom stereocenters. The number of nitrogens with zero attached hydrogens (tertiary/aromatic N) is 3. The molecule has 3 fully saturated rings. The van der Waals surface area contributed by atoms with E-state index in [1.165, 1.54) is 17.9 Å². The molecule has 1 aliphatic carbocycles. The molecule has 230 valence electrons. The first-order chi connectivity index (χ1) is 19.9. The van der Waals surface area contributed by atoms with Gasteiger partial charge in [-0.25, -0.2) is 4.39 Å². The van der Waals surface area contributed by atoms with Gasteiger partial charge in [0.05, 0.1) is 17.6 Å². The van der Waals surface area contributed by atoms with Gasteiger partial charge in [0.15, 0.2) is 0 Å². The molecule has 1 aromatic carbocycles. The van der Waals surface area contributed by atoms with E-state index < -0.39 is 41.3 Å². The van der Waals surface area contributed by atoms with E-state index in [4.69, 9.17) is 0 Å². The number of amides is 2. The van der Waals surface area contributed by atoms with E-state index in [9.17, 15) is 32.3 Å². The number of carbonyl (C=O) groups excluding carboxylic acids is 2. The van der Waals surface area contributed by atoms with Crippen molar-refractivity contribution >= 4 is 17.4 Å². The van der Waals surface area contributed by atoms with Crippen molar-refractivity contribution < 1.29 is 32.3 Å². The predicted octanol–water partition coefficient (Wildman–Crippen LogP) is 3.95. The lowest BCUT2D eigenvalue weighted by Gasteiger charge is -2.54. The van der Waals surface area contributed by atoms with Crippen LogP contribution in [0.15, 0.2) is 42.1 Å². The molecule has 0 unspecified atom stereocenters. The lowest BCUT2D eigenvalue weighted by molar-refractivity contribution is -0.172. The number of carbonyl (C=O) groups is 2. The molecule has 1 saturated carbocycles. The Labute approximate surface area is 244 Å². The normalized spacial score (nSPS) is 25.3. The molecule has 11 heteroatoms. The van der Waals surface area contributed by atoms with Crippen LogP contribution in [0.25, 0.3) is 5.57 Å². The van der Waals surface area contributed by atoms with Crippen LogP contribution in [-0.2, 0) is 9.59 Å². The molecule has 1 aromatic rings. The Balaban J connectivity index is 1.39. The maximum absolute atomic E-state index is 14.9. The molecule has 2 N–H and O–H groups in total. The van der Waals surface area contributed by atoms with E-state index in [1.54, 1.807) is 29.3 Å². The van der Waals surface area contributed by atoms with Crippen LogP contribution in [0.4, 0.5) is 17.6 Å². The largest absolute Gasteiger partial charge is 0.389 e. The molecule has 2 amide bonds. The standard InChI is InChI=1S/C31H40F4N4O3/c1-22(18-31(33,34)35)27(40)39-15-11-30(42,29(20-39)9-4-5-10-29)21-37-14-8-23(24-6-2-3-7-26(24)32)25(19-37)28(41)38-16-12-36-13-17-38/h2-3,6-8,19,22,36,42H,4-5,9-18,20-21H2,1H3/t22-,30+/m1/s1. The molecule has 42 heavy (non-hydrogen) atoms. The van der Waals surface area contributed by atoms with Gasteiger partial charge in [-0.3, -0.25) is 9.59 Å². The monoisotopic (exact) mass is 592 g/mol. The highest BCUT2D eigenvalue weighted by Gasteiger charge is 2.56. The van der Waals surface area contributed by atoms with Crippen molar-refractivity contribution in [3.8, 4) is 0 Å². The van der Waals surface area contributed by atoms with Crippen LogP contribution in [-0.4, -0.2) is 95.8 Å². The summed E-state index contributed by atoms with van der Waals surface area (Å²) in [5, 5.41) is 15.5. The first-order valence-electron chi connectivity index (χ1n) is 14.9. The average Bonchev–Trinajstić information content (AvgIpc) is 3.44. The summed E-state index contributed by atoms with van der Waals surface area (Å²) in [5.74, 6) is -2.33. The summed E-state index contributed by atoms with van der Waals surface area (Å²) in [7, 11) is 0. The third kappa shape index (κ3) is 6.22. The van der Waals surface area contributed by atoms with E-state index in [1.807, 2.05) is 11.0 Å². The third-order valence-electron chi connectivity index (χ3n) is 9.50. The molecule has 7 nitrogen and oxygen atoms in total. The van der Waals surface area contributed by atoms with E-state index in [2.05, 4.69) is 5.32 Å². The van der Waals surface area contributed by atoms with Gasteiger partial charge in [-0.2, -0.15) is 13.2 Å². The number of hydrogen-bond acceptors (Lipinski definition) is 5. The van der Waals surface area contributed by atoms with Crippen LogP contribution in [0.3, 0.4) is 0 Å². The van der Waals surface area contributed by atoms with Crippen LogP contribution in [0.5, 0.6) is 0 Å². The van der Waals surface area contributed by atoms with E-state index in [0.717, 1.165) is 12.8 Å². The van der Waals surface area contributed by atoms with Gasteiger partial charge < -0.3 is 25.1 Å². The number of piperidine rings is 1. The SMILES string of the molecule is C[C@H](CC(F)(F)F)C(=O)N1CC[C@](O)(CN2C=C(C(=O)N3CCNCC3)C(c3ccccc3F)=CC2)C2(CCCC2)C1. The van der Waals surface area contributed by atoms with Gasteiger partial charge in [0, 0.05) is 75.5 Å². The molecule has 0 bridgehead atoms. The number of piperazine rings is 1. The Kier molecular flexibility index (Phi) is 8.72. The van der Waals surface area contributed by atoms with Crippen LogP contribution >= 0.6 is 0 Å². The minimum atomic E-state index is -4.42. The highest BCUT2D eigenvalue weighted by atomic mass is 19.4. The number of hydrogen-bond donors (Lipinski definition) is 2. The zero-order valence-electron chi connectivity index (χ0n) is 24.1. The fraction of sp³-hybridized carbons (Fsp3) is 0.613. The van der Waals surface area contributed by atoms with Gasteiger partial charge in [-0.05, 0) is 30.9 Å². The fourth-order valence-corrected chi connectivity index (χ4v) is 7.25. The molecule has 0 aromatic heterocycles. The van der Waals surface area contributed by atoms with Gasteiger partial charge in [-0.1, -0.05) is 44.0 Å². The molecule has 5 rings (SSSR count). The molecule has 3 aliphatic heterocycles. The van der Waals surface area contributed by atoms with Crippen molar-refractivity contribution in [2.75, 3.05) is 52.4 Å². The van der Waals surface area contributed by atoms with Gasteiger partial charge in [0.2, 0.25) is 5.91 Å². The van der Waals surface area contributed by atoms with Crippen molar-refractivity contribution in [3.05, 3.63) is 53.5 Å². The smallest absolute Gasteiger partial charge is 0.387 e. The van der Waals surface area contributed by atoms with Crippen molar-refractivity contribution in [3.63, 3.8) is 0 Å². The highest BCUT2D eigenvalue weighted by Crippen LogP contribution is 2.52. The first kappa shape index (κ1) is 30.5. The Hall–Kier alpha value is -2.92. The van der Waals surface area contributed by atoms with Crippen LogP contribution in [0.1, 0.15) is 51.0 Å². The maximum Gasteiger partial charge on any atom is 0.389 e. The summed E-state index contributed by atoms with van der Waals surface area (Å²) >= 11 is 0. The van der Waals surface area contributed by atoms with E-state index in [0.29, 0.717) is 62.3 Å². The summed E-state index contributed by atoms with van der Waals surface area (Å²) < 4.78 is 53.9. The fourth-order valence-electron chi connectivity index (χ4n) is 7.25. The first-order valence-corrected chi connectivity index (χ1v) is 14.9. The summed E-state index contributed by atoms with van der Waals surface area (Å²) in [4.78, 5) is 31.9. The maximum atomic E-state index is 14.9. The number of alkyl halides is 3. The molecule has 1 spiro atoms. The van der Waals surface area contributed by atoms with Gasteiger partial charge in [0.1, 0.15) is 5.82 Å². The Morgan fingerprint density at radius 2 is 1.74 bits per heavy atom. The minimum absolute atomic E-state index is 0.166. The minimum Gasteiger partial charge on any atom is -0.387 e. The zero-order valence-corrected chi connectivity index (χ0v) is 24.1. The number of aliphatic hydroxyl groups is 1. The summed E-state index contributed by atoms with van der Waals surface area (Å²) in [5.41, 5.74) is -0.625. The Morgan fingerprint density at radius 1 is 1.05 bits per heavy atom. The highest BCUT2D eigenvalue weighted by molar-refractivity contribution is 6.09. The second-order valence-corrected chi connectivity index (χ2v) is 12.4. The lowest BCUT2D eigenvalue weighted by atomic mass is 9.65.